The van der Waals surface area contributed by atoms with Crippen molar-refractivity contribution in [2.45, 2.75) is 6.92 Å². The molecule has 0 atom stereocenters. The quantitative estimate of drug-likeness (QED) is 0.873. The van der Waals surface area contributed by atoms with E-state index in [-0.39, 0.29) is 12.0 Å². The number of nitrogens with one attached hydrogen (secondary N) is 1. The van der Waals surface area contributed by atoms with Gasteiger partial charge in [0.1, 0.15) is 0 Å². The first kappa shape index (κ1) is 14.5. The fourth-order valence-electron chi connectivity index (χ4n) is 1.18. The van der Waals surface area contributed by atoms with Crippen LogP contribution in [-0.2, 0) is 4.74 Å². The minimum atomic E-state index is -0.385. The number of anilines is 1. The van der Waals surface area contributed by atoms with Crippen LogP contribution in [0.2, 0.25) is 0 Å². The van der Waals surface area contributed by atoms with Gasteiger partial charge in [0.2, 0.25) is 0 Å². The summed E-state index contributed by atoms with van der Waals surface area (Å²) in [4.78, 5) is 24.4. The summed E-state index contributed by atoms with van der Waals surface area (Å²) in [5, 5.41) is 2.70. The van der Waals surface area contributed by atoms with Crippen molar-refractivity contribution in [3.05, 3.63) is 28.2 Å². The molecule has 0 radical (unpaired) electrons. The lowest BCUT2D eigenvalue weighted by molar-refractivity contribution is 0.0526. The van der Waals surface area contributed by atoms with Gasteiger partial charge in [-0.25, -0.2) is 9.59 Å². The number of esters is 1. The lowest BCUT2D eigenvalue weighted by Gasteiger charge is -2.13. The molecule has 2 amide bonds. The Bertz CT molecular complexity index is 461. The van der Waals surface area contributed by atoms with Crippen LogP contribution in [0.15, 0.2) is 22.7 Å². The second kappa shape index (κ2) is 6.39. The Labute approximate surface area is 114 Å². The molecule has 0 saturated carbocycles. The summed E-state index contributed by atoms with van der Waals surface area (Å²) in [5.41, 5.74) is 1.04. The highest BCUT2D eigenvalue weighted by Crippen LogP contribution is 2.24. The molecule has 0 saturated heterocycles. The number of benzene rings is 1. The van der Waals surface area contributed by atoms with Crippen LogP contribution in [0.4, 0.5) is 10.5 Å². The summed E-state index contributed by atoms with van der Waals surface area (Å²) in [6.07, 6.45) is 0. The molecule has 0 aliphatic carbocycles. The SMILES string of the molecule is CCOC(=O)c1ccc(NC(=O)N(C)C)c(Br)c1. The smallest absolute Gasteiger partial charge is 0.338 e. The number of carbonyl (C=O) groups excluding carboxylic acids is 2. The van der Waals surface area contributed by atoms with Crippen molar-refractivity contribution in [2.75, 3.05) is 26.0 Å². The number of hydrogen-bond acceptors (Lipinski definition) is 3. The van der Waals surface area contributed by atoms with Crippen molar-refractivity contribution >= 4 is 33.6 Å². The molecule has 0 aliphatic heterocycles. The Morgan fingerprint density at radius 1 is 1.39 bits per heavy atom. The second-order valence-corrected chi connectivity index (χ2v) is 4.59. The van der Waals surface area contributed by atoms with Gasteiger partial charge in [0.15, 0.2) is 0 Å². The first-order valence-electron chi connectivity index (χ1n) is 5.40. The van der Waals surface area contributed by atoms with Crippen LogP contribution in [0, 0.1) is 0 Å². The fraction of sp³-hybridized carbons (Fsp3) is 0.333. The maximum atomic E-state index is 11.5. The minimum absolute atomic E-state index is 0.236. The van der Waals surface area contributed by atoms with E-state index in [9.17, 15) is 9.59 Å². The summed E-state index contributed by atoms with van der Waals surface area (Å²) in [5.74, 6) is -0.385. The molecule has 0 spiro atoms. The highest BCUT2D eigenvalue weighted by atomic mass is 79.9. The Kier molecular flexibility index (Phi) is 5.15. The van der Waals surface area contributed by atoms with Crippen LogP contribution >= 0.6 is 15.9 Å². The van der Waals surface area contributed by atoms with Gasteiger partial charge in [-0.1, -0.05) is 0 Å². The number of carbonyl (C=O) groups is 2. The van der Waals surface area contributed by atoms with Crippen molar-refractivity contribution < 1.29 is 14.3 Å². The molecule has 1 N–H and O–H groups in total. The second-order valence-electron chi connectivity index (χ2n) is 3.74. The summed E-state index contributed by atoms with van der Waals surface area (Å²) in [6.45, 7) is 2.08. The van der Waals surface area contributed by atoms with Crippen LogP contribution in [0.5, 0.6) is 0 Å². The standard InChI is InChI=1S/C12H15BrN2O3/c1-4-18-11(16)8-5-6-10(9(13)7-8)14-12(17)15(2)3/h5-7H,4H2,1-3H3,(H,14,17). The predicted octanol–water partition coefficient (Wildman–Crippen LogP) is 2.72. The van der Waals surface area contributed by atoms with Crippen molar-refractivity contribution in [3.63, 3.8) is 0 Å². The molecule has 0 aromatic heterocycles. The Balaban J connectivity index is 2.86. The largest absolute Gasteiger partial charge is 0.462 e. The zero-order valence-electron chi connectivity index (χ0n) is 10.5. The third-order valence-electron chi connectivity index (χ3n) is 2.13. The van der Waals surface area contributed by atoms with E-state index >= 15 is 0 Å². The lowest BCUT2D eigenvalue weighted by atomic mass is 10.2. The first-order valence-corrected chi connectivity index (χ1v) is 6.20. The lowest BCUT2D eigenvalue weighted by Crippen LogP contribution is -2.27. The number of halogens is 1. The molecule has 0 unspecified atom stereocenters. The molecule has 5 nitrogen and oxygen atoms in total. The van der Waals surface area contributed by atoms with Crippen LogP contribution in [0.25, 0.3) is 0 Å². The normalized spacial score (nSPS) is 9.78. The van der Waals surface area contributed by atoms with Crippen molar-refractivity contribution in [2.24, 2.45) is 0 Å². The zero-order chi connectivity index (χ0) is 13.7. The first-order chi connectivity index (χ1) is 8.45. The number of nitrogens with zero attached hydrogens (tertiary/aromatic N) is 1. The molecule has 98 valence electrons. The van der Waals surface area contributed by atoms with Gasteiger partial charge in [0, 0.05) is 18.6 Å². The molecule has 1 aromatic rings. The average Bonchev–Trinajstić information content (AvgIpc) is 2.31. The molecular weight excluding hydrogens is 300 g/mol. The van der Waals surface area contributed by atoms with Crippen LogP contribution < -0.4 is 5.32 Å². The topological polar surface area (TPSA) is 58.6 Å². The number of rotatable bonds is 3. The molecule has 0 bridgehead atoms. The zero-order valence-corrected chi connectivity index (χ0v) is 12.1. The van der Waals surface area contributed by atoms with Gasteiger partial charge in [-0.15, -0.1) is 0 Å². The van der Waals surface area contributed by atoms with Gasteiger partial charge in [-0.05, 0) is 41.1 Å². The summed E-state index contributed by atoms with van der Waals surface area (Å²) < 4.78 is 5.51. The third kappa shape index (κ3) is 3.73. The van der Waals surface area contributed by atoms with Crippen LogP contribution in [-0.4, -0.2) is 37.6 Å². The Morgan fingerprint density at radius 3 is 2.56 bits per heavy atom. The predicted molar refractivity (Wildman–Crippen MR) is 72.8 cm³/mol. The van der Waals surface area contributed by atoms with Crippen LogP contribution in [0.1, 0.15) is 17.3 Å². The minimum Gasteiger partial charge on any atom is -0.462 e. The van der Waals surface area contributed by atoms with Crippen molar-refractivity contribution in [3.8, 4) is 0 Å². The molecule has 1 aromatic carbocycles. The summed E-state index contributed by atoms with van der Waals surface area (Å²) in [6, 6.07) is 4.63. The molecule has 1 rings (SSSR count). The van der Waals surface area contributed by atoms with Gasteiger partial charge in [-0.2, -0.15) is 0 Å². The molecule has 0 aliphatic rings. The number of amides is 2. The van der Waals surface area contributed by atoms with Gasteiger partial charge >= 0.3 is 12.0 Å². The van der Waals surface area contributed by atoms with E-state index in [1.54, 1.807) is 39.2 Å². The highest BCUT2D eigenvalue weighted by Gasteiger charge is 2.11. The maximum Gasteiger partial charge on any atom is 0.338 e. The molecule has 6 heteroatoms. The van der Waals surface area contributed by atoms with Gasteiger partial charge in [-0.3, -0.25) is 0 Å². The van der Waals surface area contributed by atoms with Gasteiger partial charge < -0.3 is 15.0 Å². The summed E-state index contributed by atoms with van der Waals surface area (Å²) >= 11 is 3.30. The third-order valence-corrected chi connectivity index (χ3v) is 2.78. The summed E-state index contributed by atoms with van der Waals surface area (Å²) in [7, 11) is 3.30. The monoisotopic (exact) mass is 314 g/mol. The van der Waals surface area contributed by atoms with Crippen LogP contribution in [0.3, 0.4) is 0 Å². The Hall–Kier alpha value is -1.56. The van der Waals surface area contributed by atoms with E-state index in [0.29, 0.717) is 22.3 Å². The molecule has 0 fully saturated rings. The van der Waals surface area contributed by atoms with E-state index in [4.69, 9.17) is 4.74 Å². The highest BCUT2D eigenvalue weighted by molar-refractivity contribution is 9.10. The van der Waals surface area contributed by atoms with E-state index in [2.05, 4.69) is 21.2 Å². The van der Waals surface area contributed by atoms with Gasteiger partial charge in [0.25, 0.3) is 0 Å². The van der Waals surface area contributed by atoms with Crippen molar-refractivity contribution in [1.82, 2.24) is 4.90 Å². The van der Waals surface area contributed by atoms with Crippen molar-refractivity contribution in [1.29, 1.82) is 0 Å². The number of urea groups is 1. The molecule has 0 heterocycles. The van der Waals surface area contributed by atoms with E-state index < -0.39 is 0 Å². The fourth-order valence-corrected chi connectivity index (χ4v) is 1.66. The van der Waals surface area contributed by atoms with E-state index in [1.807, 2.05) is 0 Å². The van der Waals surface area contributed by atoms with E-state index in [1.165, 1.54) is 4.90 Å². The Morgan fingerprint density at radius 2 is 2.06 bits per heavy atom. The number of hydrogen-bond donors (Lipinski definition) is 1. The molecule has 18 heavy (non-hydrogen) atoms. The average molecular weight is 315 g/mol. The molecular formula is C12H15BrN2O3. The number of ether oxygens (including phenoxy) is 1. The van der Waals surface area contributed by atoms with Gasteiger partial charge in [0.05, 0.1) is 17.9 Å². The maximum absolute atomic E-state index is 11.5. The van der Waals surface area contributed by atoms with E-state index in [0.717, 1.165) is 0 Å².